The molecule has 1 aliphatic rings. The number of hydrogen-bond donors (Lipinski definition) is 1. The summed E-state index contributed by atoms with van der Waals surface area (Å²) < 4.78 is 1.99. The molecular weight excluding hydrogens is 386 g/mol. The highest BCUT2D eigenvalue weighted by molar-refractivity contribution is 7.99. The topological polar surface area (TPSA) is 91.0 Å². The Morgan fingerprint density at radius 2 is 2.21 bits per heavy atom. The number of aryl methyl sites for hydroxylation is 1. The lowest BCUT2D eigenvalue weighted by atomic mass is 10.1. The normalized spacial score (nSPS) is 16.0. The first-order chi connectivity index (χ1) is 14.1. The van der Waals surface area contributed by atoms with Crippen molar-refractivity contribution in [3.63, 3.8) is 0 Å². The summed E-state index contributed by atoms with van der Waals surface area (Å²) in [5.74, 6) is 0.487. The van der Waals surface area contributed by atoms with Gasteiger partial charge in [-0.3, -0.25) is 14.6 Å². The average Bonchev–Trinajstić information content (AvgIpc) is 3.39. The number of hydrogen-bond acceptors (Lipinski definition) is 5. The number of carbonyl (C=O) groups excluding carboxylic acids is 2. The maximum Gasteiger partial charge on any atom is 0.252 e. The molecule has 2 aromatic heterocycles. The van der Waals surface area contributed by atoms with Crippen LogP contribution in [0.4, 0.5) is 0 Å². The largest absolute Gasteiger partial charge is 0.343 e. The van der Waals surface area contributed by atoms with E-state index in [2.05, 4.69) is 16.4 Å². The number of carbonyl (C=O) groups is 2. The van der Waals surface area contributed by atoms with Gasteiger partial charge < -0.3 is 14.8 Å². The standard InChI is InChI=1S/C21H19N5O2S/c1-14-5-7-25(11-14)15-2-3-19-18(8-15)17(4-6-23-19)21(28)24-10-20(27)26-13-29-12-16(26)9-22/h2-8,11,16H,10,12-13H2,1H3,(H,24,28). The van der Waals surface area contributed by atoms with Crippen LogP contribution >= 0.6 is 11.8 Å². The van der Waals surface area contributed by atoms with E-state index in [1.54, 1.807) is 12.3 Å². The van der Waals surface area contributed by atoms with Crippen LogP contribution < -0.4 is 5.32 Å². The fourth-order valence-corrected chi connectivity index (χ4v) is 4.41. The molecule has 1 N–H and O–H groups in total. The summed E-state index contributed by atoms with van der Waals surface area (Å²) in [5, 5.41) is 12.5. The molecule has 0 spiro atoms. The Morgan fingerprint density at radius 3 is 2.97 bits per heavy atom. The van der Waals surface area contributed by atoms with E-state index in [1.807, 2.05) is 48.1 Å². The minimum Gasteiger partial charge on any atom is -0.343 e. The molecule has 1 aromatic carbocycles. The first kappa shape index (κ1) is 19.0. The van der Waals surface area contributed by atoms with Crippen LogP contribution in [0.2, 0.25) is 0 Å². The fourth-order valence-electron chi connectivity index (χ4n) is 3.30. The van der Waals surface area contributed by atoms with Crippen LogP contribution in [0.15, 0.2) is 48.9 Å². The van der Waals surface area contributed by atoms with Crippen LogP contribution in [0.1, 0.15) is 15.9 Å². The number of nitriles is 1. The molecular formula is C21H19N5O2S. The molecule has 2 amide bonds. The van der Waals surface area contributed by atoms with E-state index in [0.29, 0.717) is 28.1 Å². The third kappa shape index (κ3) is 3.82. The van der Waals surface area contributed by atoms with Gasteiger partial charge in [0.05, 0.1) is 29.6 Å². The van der Waals surface area contributed by atoms with Gasteiger partial charge in [-0.05, 0) is 42.8 Å². The average molecular weight is 405 g/mol. The third-order valence-corrected chi connectivity index (χ3v) is 5.87. The van der Waals surface area contributed by atoms with Gasteiger partial charge in [-0.2, -0.15) is 5.26 Å². The van der Waals surface area contributed by atoms with E-state index in [1.165, 1.54) is 16.7 Å². The van der Waals surface area contributed by atoms with Crippen molar-refractivity contribution in [2.75, 3.05) is 18.2 Å². The zero-order chi connectivity index (χ0) is 20.4. The fraction of sp³-hybridized carbons (Fsp3) is 0.238. The number of rotatable bonds is 4. The van der Waals surface area contributed by atoms with Gasteiger partial charge in [0.1, 0.15) is 6.04 Å². The van der Waals surface area contributed by atoms with Crippen molar-refractivity contribution in [2.24, 2.45) is 0 Å². The first-order valence-corrected chi connectivity index (χ1v) is 10.3. The lowest BCUT2D eigenvalue weighted by Gasteiger charge is -2.18. The second-order valence-corrected chi connectivity index (χ2v) is 7.85. The zero-order valence-electron chi connectivity index (χ0n) is 15.8. The summed E-state index contributed by atoms with van der Waals surface area (Å²) in [6, 6.07) is 11.1. The molecule has 8 heteroatoms. The van der Waals surface area contributed by atoms with E-state index in [-0.39, 0.29) is 18.4 Å². The van der Waals surface area contributed by atoms with Gasteiger partial charge in [-0.25, -0.2) is 0 Å². The minimum atomic E-state index is -0.432. The molecule has 1 aliphatic heterocycles. The maximum atomic E-state index is 12.8. The molecule has 0 radical (unpaired) electrons. The molecule has 7 nitrogen and oxygen atoms in total. The predicted octanol–water partition coefficient (Wildman–Crippen LogP) is 2.49. The number of fused-ring (bicyclic) bond motifs is 1. The first-order valence-electron chi connectivity index (χ1n) is 9.15. The van der Waals surface area contributed by atoms with Crippen LogP contribution in [-0.4, -0.2) is 50.5 Å². The van der Waals surface area contributed by atoms with E-state index >= 15 is 0 Å². The number of benzene rings is 1. The number of thioether (sulfide) groups is 1. The van der Waals surface area contributed by atoms with Crippen LogP contribution in [0.3, 0.4) is 0 Å². The van der Waals surface area contributed by atoms with E-state index in [9.17, 15) is 9.59 Å². The molecule has 29 heavy (non-hydrogen) atoms. The summed E-state index contributed by atoms with van der Waals surface area (Å²) >= 11 is 1.54. The number of nitrogens with zero attached hydrogens (tertiary/aromatic N) is 4. The van der Waals surface area contributed by atoms with Gasteiger partial charge in [-0.1, -0.05) is 0 Å². The molecule has 1 saturated heterocycles. The van der Waals surface area contributed by atoms with Gasteiger partial charge in [0, 0.05) is 35.4 Å². The molecule has 1 fully saturated rings. The molecule has 3 heterocycles. The molecule has 0 aliphatic carbocycles. The third-order valence-electron chi connectivity index (χ3n) is 4.86. The quantitative estimate of drug-likeness (QED) is 0.720. The summed E-state index contributed by atoms with van der Waals surface area (Å²) in [6.07, 6.45) is 5.56. The Kier molecular flexibility index (Phi) is 5.23. The van der Waals surface area contributed by atoms with Gasteiger partial charge in [0.2, 0.25) is 5.91 Å². The van der Waals surface area contributed by atoms with E-state index in [4.69, 9.17) is 5.26 Å². The van der Waals surface area contributed by atoms with Crippen molar-refractivity contribution in [2.45, 2.75) is 13.0 Å². The van der Waals surface area contributed by atoms with Crippen molar-refractivity contribution in [1.29, 1.82) is 5.26 Å². The predicted molar refractivity (Wildman–Crippen MR) is 112 cm³/mol. The molecule has 1 atom stereocenters. The highest BCUT2D eigenvalue weighted by Gasteiger charge is 2.29. The summed E-state index contributed by atoms with van der Waals surface area (Å²) in [5.41, 5.74) is 3.23. The Labute approximate surface area is 172 Å². The Morgan fingerprint density at radius 1 is 1.34 bits per heavy atom. The van der Waals surface area contributed by atoms with E-state index in [0.717, 1.165) is 11.3 Å². The van der Waals surface area contributed by atoms with Crippen LogP contribution in [0.5, 0.6) is 0 Å². The molecule has 1 unspecified atom stereocenters. The molecule has 0 bridgehead atoms. The molecule has 0 saturated carbocycles. The lowest BCUT2D eigenvalue weighted by Crippen LogP contribution is -2.42. The Balaban J connectivity index is 1.55. The molecule has 146 valence electrons. The van der Waals surface area contributed by atoms with Gasteiger partial charge in [-0.15, -0.1) is 11.8 Å². The van der Waals surface area contributed by atoms with Crippen molar-refractivity contribution < 1.29 is 9.59 Å². The minimum absolute atomic E-state index is 0.141. The van der Waals surface area contributed by atoms with Gasteiger partial charge >= 0.3 is 0 Å². The van der Waals surface area contributed by atoms with Crippen LogP contribution in [-0.2, 0) is 4.79 Å². The van der Waals surface area contributed by atoms with Crippen molar-refractivity contribution in [1.82, 2.24) is 19.8 Å². The maximum absolute atomic E-state index is 12.8. The highest BCUT2D eigenvalue weighted by Crippen LogP contribution is 2.22. The smallest absolute Gasteiger partial charge is 0.252 e. The number of pyridine rings is 1. The summed E-state index contributed by atoms with van der Waals surface area (Å²) in [4.78, 5) is 31.0. The second-order valence-electron chi connectivity index (χ2n) is 6.85. The Bertz CT molecular complexity index is 1130. The molecule has 3 aromatic rings. The van der Waals surface area contributed by atoms with E-state index < -0.39 is 6.04 Å². The highest BCUT2D eigenvalue weighted by atomic mass is 32.2. The number of nitrogens with one attached hydrogen (secondary N) is 1. The SMILES string of the molecule is Cc1ccn(-c2ccc3nccc(C(=O)NCC(=O)N4CSCC4C#N)c3c2)c1. The molecule has 4 rings (SSSR count). The summed E-state index contributed by atoms with van der Waals surface area (Å²) in [7, 11) is 0. The van der Waals surface area contributed by atoms with Crippen molar-refractivity contribution in [3.8, 4) is 11.8 Å². The van der Waals surface area contributed by atoms with Crippen molar-refractivity contribution >= 4 is 34.5 Å². The number of amides is 2. The van der Waals surface area contributed by atoms with Gasteiger partial charge in [0.15, 0.2) is 0 Å². The monoisotopic (exact) mass is 405 g/mol. The lowest BCUT2D eigenvalue weighted by molar-refractivity contribution is -0.129. The van der Waals surface area contributed by atoms with Crippen LogP contribution in [0, 0.1) is 18.3 Å². The second kappa shape index (κ2) is 7.97. The van der Waals surface area contributed by atoms with Crippen molar-refractivity contribution in [3.05, 3.63) is 60.0 Å². The van der Waals surface area contributed by atoms with Crippen LogP contribution in [0.25, 0.3) is 16.6 Å². The number of aromatic nitrogens is 2. The summed E-state index contributed by atoms with van der Waals surface area (Å²) in [6.45, 7) is 1.88. The Hall–Kier alpha value is -3.31. The zero-order valence-corrected chi connectivity index (χ0v) is 16.6. The van der Waals surface area contributed by atoms with Gasteiger partial charge in [0.25, 0.3) is 5.91 Å².